The second kappa shape index (κ2) is 5.60. The molecule has 3 rings (SSSR count). The molecule has 0 aliphatic heterocycles. The number of nitrogens with zero attached hydrogens (tertiary/aromatic N) is 2. The number of benzene rings is 1. The number of hydrogen-bond donors (Lipinski definition) is 1. The number of ether oxygens (including phenoxy) is 1. The van der Waals surface area contributed by atoms with Crippen molar-refractivity contribution in [3.63, 3.8) is 0 Å². The van der Waals surface area contributed by atoms with E-state index in [0.717, 1.165) is 4.57 Å². The fraction of sp³-hybridized carbons (Fsp3) is 0.188. The molecular formula is C16H15N3O4. The third kappa shape index (κ3) is 2.36. The van der Waals surface area contributed by atoms with Crippen LogP contribution in [-0.2, 0) is 11.8 Å². The predicted molar refractivity (Wildman–Crippen MR) is 85.1 cm³/mol. The number of hydrogen-bond acceptors (Lipinski definition) is 4. The van der Waals surface area contributed by atoms with Gasteiger partial charge in [-0.3, -0.25) is 4.79 Å². The Morgan fingerprint density at radius 1 is 1.22 bits per heavy atom. The molecule has 0 saturated carbocycles. The number of esters is 1. The molecule has 0 amide bonds. The molecule has 118 valence electrons. The molecule has 0 aliphatic carbocycles. The summed E-state index contributed by atoms with van der Waals surface area (Å²) in [5.41, 5.74) is -0.0543. The molecule has 7 heteroatoms. The van der Waals surface area contributed by atoms with Crippen molar-refractivity contribution in [2.45, 2.75) is 6.92 Å². The molecule has 0 fully saturated rings. The molecular weight excluding hydrogens is 298 g/mol. The first-order chi connectivity index (χ1) is 11.0. The van der Waals surface area contributed by atoms with Crippen molar-refractivity contribution in [2.75, 3.05) is 6.61 Å². The van der Waals surface area contributed by atoms with Gasteiger partial charge in [-0.25, -0.2) is 14.2 Å². The van der Waals surface area contributed by atoms with Crippen LogP contribution in [0, 0.1) is 0 Å². The molecule has 2 aromatic heterocycles. The highest BCUT2D eigenvalue weighted by atomic mass is 16.5. The monoisotopic (exact) mass is 313 g/mol. The molecule has 0 radical (unpaired) electrons. The second-order valence-electron chi connectivity index (χ2n) is 5.00. The molecule has 2 heterocycles. The van der Waals surface area contributed by atoms with Gasteiger partial charge < -0.3 is 14.3 Å². The molecule has 0 spiro atoms. The average molecular weight is 313 g/mol. The molecule has 0 aliphatic rings. The lowest BCUT2D eigenvalue weighted by molar-refractivity contribution is 0.0528. The van der Waals surface area contributed by atoms with Gasteiger partial charge in [0.15, 0.2) is 0 Å². The highest BCUT2D eigenvalue weighted by Gasteiger charge is 2.20. The average Bonchev–Trinajstić information content (AvgIpc) is 2.85. The zero-order valence-corrected chi connectivity index (χ0v) is 12.7. The van der Waals surface area contributed by atoms with Crippen molar-refractivity contribution in [3.8, 4) is 5.69 Å². The van der Waals surface area contributed by atoms with E-state index >= 15 is 0 Å². The number of rotatable bonds is 3. The topological polar surface area (TPSA) is 86.1 Å². The molecule has 0 atom stereocenters. The molecule has 1 N–H and O–H groups in total. The van der Waals surface area contributed by atoms with Gasteiger partial charge in [0.1, 0.15) is 11.1 Å². The number of carbonyl (C=O) groups is 1. The number of aromatic amines is 1. The summed E-state index contributed by atoms with van der Waals surface area (Å²) < 4.78 is 7.51. The van der Waals surface area contributed by atoms with Crippen LogP contribution in [0.15, 0.2) is 46.1 Å². The number of H-pyrrole nitrogens is 1. The lowest BCUT2D eigenvalue weighted by Gasteiger charge is -2.05. The smallest absolute Gasteiger partial charge is 0.341 e. The number of nitrogens with one attached hydrogen (secondary N) is 1. The summed E-state index contributed by atoms with van der Waals surface area (Å²) in [6, 6.07) is 8.60. The van der Waals surface area contributed by atoms with E-state index in [1.807, 2.05) is 0 Å². The molecule has 0 bridgehead atoms. The second-order valence-corrected chi connectivity index (χ2v) is 5.00. The lowest BCUT2D eigenvalue weighted by Crippen LogP contribution is -2.34. The third-order valence-electron chi connectivity index (χ3n) is 3.53. The first-order valence-corrected chi connectivity index (χ1v) is 7.11. The Morgan fingerprint density at radius 3 is 2.57 bits per heavy atom. The molecule has 23 heavy (non-hydrogen) atoms. The maximum atomic E-state index is 12.7. The molecule has 0 unspecified atom stereocenters. The van der Waals surface area contributed by atoms with Crippen molar-refractivity contribution in [2.24, 2.45) is 7.05 Å². The van der Waals surface area contributed by atoms with E-state index in [1.54, 1.807) is 44.3 Å². The fourth-order valence-electron chi connectivity index (χ4n) is 2.55. The Hall–Kier alpha value is -3.09. The van der Waals surface area contributed by atoms with Gasteiger partial charge in [-0.2, -0.15) is 0 Å². The minimum atomic E-state index is -0.606. The number of fused-ring (bicyclic) bond motifs is 1. The molecule has 3 aromatic rings. The van der Waals surface area contributed by atoms with Gasteiger partial charge in [0, 0.05) is 13.2 Å². The quantitative estimate of drug-likeness (QED) is 0.736. The van der Waals surface area contributed by atoms with E-state index in [1.165, 1.54) is 10.8 Å². The van der Waals surface area contributed by atoms with Gasteiger partial charge >= 0.3 is 11.7 Å². The van der Waals surface area contributed by atoms with E-state index in [4.69, 9.17) is 4.74 Å². The maximum absolute atomic E-state index is 12.7. The molecule has 0 saturated heterocycles. The molecule has 1 aromatic carbocycles. The summed E-state index contributed by atoms with van der Waals surface area (Å²) >= 11 is 0. The van der Waals surface area contributed by atoms with Crippen LogP contribution in [0.5, 0.6) is 0 Å². The Kier molecular flexibility index (Phi) is 3.61. The summed E-state index contributed by atoms with van der Waals surface area (Å²) in [5, 5.41) is 0. The van der Waals surface area contributed by atoms with Crippen molar-refractivity contribution in [1.82, 2.24) is 14.1 Å². The first-order valence-electron chi connectivity index (χ1n) is 7.11. The van der Waals surface area contributed by atoms with E-state index in [2.05, 4.69) is 4.98 Å². The first kappa shape index (κ1) is 14.8. The Balaban J connectivity index is 2.34. The Morgan fingerprint density at radius 2 is 1.91 bits per heavy atom. The fourth-order valence-corrected chi connectivity index (χ4v) is 2.55. The van der Waals surface area contributed by atoms with Crippen LogP contribution in [0.4, 0.5) is 0 Å². The van der Waals surface area contributed by atoms with E-state index < -0.39 is 17.2 Å². The SMILES string of the molecule is CCOC(=O)c1cn(C)c2c(=O)n(-c3ccccc3)c(=O)[nH]c12. The zero-order chi connectivity index (χ0) is 16.6. The highest BCUT2D eigenvalue weighted by Crippen LogP contribution is 2.16. The minimum absolute atomic E-state index is 0.166. The van der Waals surface area contributed by atoms with Gasteiger partial charge in [0.25, 0.3) is 5.56 Å². The van der Waals surface area contributed by atoms with Crippen LogP contribution in [0.3, 0.4) is 0 Å². The van der Waals surface area contributed by atoms with Gasteiger partial charge in [-0.15, -0.1) is 0 Å². The van der Waals surface area contributed by atoms with E-state index in [0.29, 0.717) is 5.69 Å². The van der Waals surface area contributed by atoms with Crippen LogP contribution in [0.25, 0.3) is 16.7 Å². The number of aryl methyl sites for hydroxylation is 1. The largest absolute Gasteiger partial charge is 0.462 e. The number of para-hydroxylation sites is 1. The Labute approximate surface area is 130 Å². The predicted octanol–water partition coefficient (Wildman–Crippen LogP) is 1.19. The van der Waals surface area contributed by atoms with Crippen LogP contribution in [0.2, 0.25) is 0 Å². The van der Waals surface area contributed by atoms with Crippen molar-refractivity contribution in [3.05, 3.63) is 62.9 Å². The summed E-state index contributed by atoms with van der Waals surface area (Å²) in [6.07, 6.45) is 1.48. The normalized spacial score (nSPS) is 10.9. The number of carbonyl (C=O) groups excluding carboxylic acids is 1. The highest BCUT2D eigenvalue weighted by molar-refractivity contribution is 6.02. The van der Waals surface area contributed by atoms with Crippen LogP contribution < -0.4 is 11.2 Å². The Bertz CT molecular complexity index is 996. The van der Waals surface area contributed by atoms with E-state index in [9.17, 15) is 14.4 Å². The van der Waals surface area contributed by atoms with Crippen LogP contribution in [-0.4, -0.2) is 26.7 Å². The van der Waals surface area contributed by atoms with Gasteiger partial charge in [-0.1, -0.05) is 18.2 Å². The maximum Gasteiger partial charge on any atom is 0.341 e. The molecule has 7 nitrogen and oxygen atoms in total. The van der Waals surface area contributed by atoms with Crippen molar-refractivity contribution in [1.29, 1.82) is 0 Å². The standard InChI is InChI=1S/C16H15N3O4/c1-3-23-15(21)11-9-18(2)13-12(11)17-16(22)19(14(13)20)10-7-5-4-6-8-10/h4-9H,3H2,1-2H3,(H,17,22). The zero-order valence-electron chi connectivity index (χ0n) is 12.7. The minimum Gasteiger partial charge on any atom is -0.462 e. The van der Waals surface area contributed by atoms with Crippen LogP contribution >= 0.6 is 0 Å². The lowest BCUT2D eigenvalue weighted by atomic mass is 10.3. The van der Waals surface area contributed by atoms with Gasteiger partial charge in [0.2, 0.25) is 0 Å². The van der Waals surface area contributed by atoms with Crippen LogP contribution in [0.1, 0.15) is 17.3 Å². The summed E-state index contributed by atoms with van der Waals surface area (Å²) in [7, 11) is 1.64. The van der Waals surface area contributed by atoms with Gasteiger partial charge in [0.05, 0.1) is 17.8 Å². The van der Waals surface area contributed by atoms with Crippen molar-refractivity contribution >= 4 is 17.0 Å². The van der Waals surface area contributed by atoms with Gasteiger partial charge in [-0.05, 0) is 19.1 Å². The van der Waals surface area contributed by atoms with E-state index in [-0.39, 0.29) is 23.2 Å². The summed E-state index contributed by atoms with van der Waals surface area (Å²) in [5.74, 6) is -0.578. The third-order valence-corrected chi connectivity index (χ3v) is 3.53. The number of aromatic nitrogens is 3. The van der Waals surface area contributed by atoms with Crippen molar-refractivity contribution < 1.29 is 9.53 Å². The summed E-state index contributed by atoms with van der Waals surface area (Å²) in [4.78, 5) is 39.7. The summed E-state index contributed by atoms with van der Waals surface area (Å²) in [6.45, 7) is 1.90.